The van der Waals surface area contributed by atoms with E-state index in [-0.39, 0.29) is 18.5 Å². The van der Waals surface area contributed by atoms with Crippen LogP contribution in [0.15, 0.2) is 28.8 Å². The van der Waals surface area contributed by atoms with Gasteiger partial charge in [-0.05, 0) is 31.9 Å². The van der Waals surface area contributed by atoms with Gasteiger partial charge in [0.2, 0.25) is 5.88 Å². The van der Waals surface area contributed by atoms with Crippen LogP contribution in [0.5, 0.6) is 0 Å². The van der Waals surface area contributed by atoms with Crippen molar-refractivity contribution in [2.24, 2.45) is 0 Å². The summed E-state index contributed by atoms with van der Waals surface area (Å²) in [6.07, 6.45) is 1.48. The van der Waals surface area contributed by atoms with Gasteiger partial charge < -0.3 is 28.7 Å². The predicted octanol–water partition coefficient (Wildman–Crippen LogP) is 2.70. The molecule has 4 rings (SSSR count). The molecule has 2 fully saturated rings. The zero-order valence-corrected chi connectivity index (χ0v) is 19.2. The van der Waals surface area contributed by atoms with Crippen LogP contribution < -0.4 is 4.90 Å². The van der Waals surface area contributed by atoms with Gasteiger partial charge in [0, 0.05) is 51.5 Å². The molecule has 1 aromatic carbocycles. The molecule has 182 valence electrons. The summed E-state index contributed by atoms with van der Waals surface area (Å²) in [5.74, 6) is 0.288. The number of ether oxygens (including phenoxy) is 3. The lowest BCUT2D eigenvalue weighted by Crippen LogP contribution is -2.40. The fraction of sp³-hybridized carbons (Fsp3) is 0.625. The van der Waals surface area contributed by atoms with Gasteiger partial charge in [-0.3, -0.25) is 4.90 Å². The van der Waals surface area contributed by atoms with Crippen molar-refractivity contribution < 1.29 is 28.2 Å². The molecule has 2 aromatic rings. The molecule has 0 bridgehead atoms. The highest BCUT2D eigenvalue weighted by Gasteiger charge is 2.29. The molecule has 0 unspecified atom stereocenters. The molecule has 1 aromatic heterocycles. The minimum absolute atomic E-state index is 0.105. The third-order valence-electron chi connectivity index (χ3n) is 6.05. The molecule has 0 aliphatic carbocycles. The number of hydrogen-bond donors (Lipinski definition) is 1. The van der Waals surface area contributed by atoms with Crippen molar-refractivity contribution in [3.05, 3.63) is 35.6 Å². The summed E-state index contributed by atoms with van der Waals surface area (Å²) in [6.45, 7) is 7.54. The third-order valence-corrected chi connectivity index (χ3v) is 6.05. The topological polar surface area (TPSA) is 80.4 Å². The minimum atomic E-state index is -0.644. The van der Waals surface area contributed by atoms with Crippen LogP contribution in [-0.4, -0.2) is 86.6 Å². The molecule has 33 heavy (non-hydrogen) atoms. The molecule has 2 aliphatic rings. The van der Waals surface area contributed by atoms with E-state index in [1.807, 2.05) is 6.92 Å². The van der Waals surface area contributed by atoms with Gasteiger partial charge in [0.15, 0.2) is 0 Å². The van der Waals surface area contributed by atoms with Gasteiger partial charge in [-0.1, -0.05) is 17.3 Å². The van der Waals surface area contributed by atoms with Gasteiger partial charge in [0.05, 0.1) is 37.6 Å². The lowest BCUT2D eigenvalue weighted by atomic mass is 10.1. The SMILES string of the molecule is CCOC[C@@H](O)CN(Cc1c(-c2ccccc2F)noc1N1CCOCC1)C[C@@H]1CCCO1. The van der Waals surface area contributed by atoms with E-state index in [1.54, 1.807) is 18.2 Å². The third kappa shape index (κ3) is 6.30. The number of morpholine rings is 1. The van der Waals surface area contributed by atoms with Gasteiger partial charge in [-0.15, -0.1) is 0 Å². The van der Waals surface area contributed by atoms with Gasteiger partial charge in [-0.25, -0.2) is 4.39 Å². The maximum absolute atomic E-state index is 14.7. The quantitative estimate of drug-likeness (QED) is 0.545. The van der Waals surface area contributed by atoms with Gasteiger partial charge in [-0.2, -0.15) is 0 Å². The first kappa shape index (κ1) is 24.1. The Morgan fingerprint density at radius 1 is 1.27 bits per heavy atom. The predicted molar refractivity (Wildman–Crippen MR) is 122 cm³/mol. The minimum Gasteiger partial charge on any atom is -0.389 e. The largest absolute Gasteiger partial charge is 0.389 e. The van der Waals surface area contributed by atoms with Crippen LogP contribution in [0.2, 0.25) is 0 Å². The van der Waals surface area contributed by atoms with Gasteiger partial charge >= 0.3 is 0 Å². The smallest absolute Gasteiger partial charge is 0.232 e. The van der Waals surface area contributed by atoms with Crippen molar-refractivity contribution in [1.29, 1.82) is 0 Å². The number of rotatable bonds is 11. The molecule has 9 heteroatoms. The van der Waals surface area contributed by atoms with Crippen molar-refractivity contribution in [1.82, 2.24) is 10.1 Å². The maximum atomic E-state index is 14.7. The van der Waals surface area contributed by atoms with Crippen molar-refractivity contribution in [2.45, 2.75) is 38.5 Å². The number of aliphatic hydroxyl groups is 1. The van der Waals surface area contributed by atoms with Crippen LogP contribution in [0.25, 0.3) is 11.3 Å². The van der Waals surface area contributed by atoms with Crippen LogP contribution >= 0.6 is 0 Å². The van der Waals surface area contributed by atoms with Crippen molar-refractivity contribution >= 4 is 5.88 Å². The molecule has 0 spiro atoms. The monoisotopic (exact) mass is 463 g/mol. The van der Waals surface area contributed by atoms with Gasteiger partial charge in [0.1, 0.15) is 11.5 Å². The Morgan fingerprint density at radius 2 is 2.09 bits per heavy atom. The fourth-order valence-corrected chi connectivity index (χ4v) is 4.43. The van der Waals surface area contributed by atoms with Gasteiger partial charge in [0.25, 0.3) is 0 Å². The van der Waals surface area contributed by atoms with E-state index in [9.17, 15) is 9.50 Å². The first-order valence-corrected chi connectivity index (χ1v) is 11.8. The molecule has 0 amide bonds. The van der Waals surface area contributed by atoms with Crippen LogP contribution in [-0.2, 0) is 20.8 Å². The summed E-state index contributed by atoms with van der Waals surface area (Å²) in [4.78, 5) is 4.23. The molecule has 0 radical (unpaired) electrons. The second kappa shape index (κ2) is 11.9. The number of nitrogens with zero attached hydrogens (tertiary/aromatic N) is 3. The Labute approximate surface area is 194 Å². The Kier molecular flexibility index (Phi) is 8.69. The second-order valence-corrected chi connectivity index (χ2v) is 8.54. The van der Waals surface area contributed by atoms with E-state index in [4.69, 9.17) is 18.7 Å². The summed E-state index contributed by atoms with van der Waals surface area (Å²) < 4.78 is 37.3. The van der Waals surface area contributed by atoms with Crippen molar-refractivity contribution in [3.63, 3.8) is 0 Å². The molecule has 0 saturated carbocycles. The highest BCUT2D eigenvalue weighted by molar-refractivity contribution is 5.68. The Morgan fingerprint density at radius 3 is 2.82 bits per heavy atom. The average molecular weight is 464 g/mol. The van der Waals surface area contributed by atoms with Crippen LogP contribution in [0, 0.1) is 5.82 Å². The number of halogens is 1. The molecule has 2 atom stereocenters. The fourth-order valence-electron chi connectivity index (χ4n) is 4.43. The zero-order valence-electron chi connectivity index (χ0n) is 19.2. The molecule has 2 saturated heterocycles. The zero-order chi connectivity index (χ0) is 23.0. The van der Waals surface area contributed by atoms with Crippen LogP contribution in [0.1, 0.15) is 25.3 Å². The molecule has 8 nitrogen and oxygen atoms in total. The van der Waals surface area contributed by atoms with E-state index in [2.05, 4.69) is 15.0 Å². The number of aliphatic hydroxyl groups excluding tert-OH is 1. The van der Waals surface area contributed by atoms with E-state index < -0.39 is 6.10 Å². The first-order chi connectivity index (χ1) is 16.2. The molecule has 2 aliphatic heterocycles. The Bertz CT molecular complexity index is 868. The first-order valence-electron chi connectivity index (χ1n) is 11.8. The molecule has 3 heterocycles. The van der Waals surface area contributed by atoms with Crippen molar-refractivity contribution in [3.8, 4) is 11.3 Å². The highest BCUT2D eigenvalue weighted by atomic mass is 19.1. The molecular formula is C24H34FN3O5. The number of aromatic nitrogens is 1. The highest BCUT2D eigenvalue weighted by Crippen LogP contribution is 2.34. The van der Waals surface area contributed by atoms with E-state index in [1.165, 1.54) is 6.07 Å². The second-order valence-electron chi connectivity index (χ2n) is 8.54. The summed E-state index contributed by atoms with van der Waals surface area (Å²) in [6, 6.07) is 6.60. The molecule has 1 N–H and O–H groups in total. The molecular weight excluding hydrogens is 429 g/mol. The summed E-state index contributed by atoms with van der Waals surface area (Å²) in [5, 5.41) is 14.9. The summed E-state index contributed by atoms with van der Waals surface area (Å²) in [7, 11) is 0. The standard InChI is InChI=1S/C24H34FN3O5/c1-2-30-17-18(29)14-27(15-19-6-5-11-32-19)16-21-23(20-7-3-4-8-22(20)25)26-33-24(21)28-9-12-31-13-10-28/h3-4,7-8,18-19,29H,2,5-6,9-17H2,1H3/t18-,19-/m0/s1. The van der Waals surface area contributed by atoms with E-state index in [0.29, 0.717) is 69.7 Å². The normalized spacial score (nSPS) is 20.0. The summed E-state index contributed by atoms with van der Waals surface area (Å²) in [5.41, 5.74) is 1.71. The van der Waals surface area contributed by atoms with E-state index in [0.717, 1.165) is 25.0 Å². The Hall–Kier alpha value is -2.04. The van der Waals surface area contributed by atoms with Crippen molar-refractivity contribution in [2.75, 3.05) is 64.1 Å². The van der Waals surface area contributed by atoms with Crippen LogP contribution in [0.4, 0.5) is 10.3 Å². The number of benzene rings is 1. The number of hydrogen-bond acceptors (Lipinski definition) is 8. The lowest BCUT2D eigenvalue weighted by molar-refractivity contribution is 0.00517. The maximum Gasteiger partial charge on any atom is 0.232 e. The summed E-state index contributed by atoms with van der Waals surface area (Å²) >= 11 is 0. The van der Waals surface area contributed by atoms with E-state index >= 15 is 0 Å². The average Bonchev–Trinajstić information content (AvgIpc) is 3.49. The number of anilines is 1. The lowest BCUT2D eigenvalue weighted by Gasteiger charge is -2.30. The Balaban J connectivity index is 1.63. The van der Waals surface area contributed by atoms with Crippen LogP contribution in [0.3, 0.4) is 0 Å².